The molecule has 0 saturated carbocycles. The van der Waals surface area contributed by atoms with Gasteiger partial charge >= 0.3 is 12.0 Å². The lowest BCUT2D eigenvalue weighted by Gasteiger charge is -2.29. The number of benzene rings is 1. The molecule has 0 spiro atoms. The third-order valence-electron chi connectivity index (χ3n) is 4.83. The number of ether oxygens (including phenoxy) is 3. The number of aliphatic hydroxyl groups excluding tert-OH is 1. The molecule has 158 valence electrons. The number of rotatable bonds is 4. The number of amides is 1. The van der Waals surface area contributed by atoms with E-state index in [2.05, 4.69) is 5.43 Å². The van der Waals surface area contributed by atoms with Crippen molar-refractivity contribution < 1.29 is 28.7 Å². The number of fused-ring (bicyclic) bond motifs is 2. The van der Waals surface area contributed by atoms with Crippen molar-refractivity contribution in [1.82, 2.24) is 9.58 Å². The normalized spacial score (nSPS) is 17.5. The fraction of sp³-hybridized carbons (Fsp3) is 0.350. The van der Waals surface area contributed by atoms with E-state index in [1.54, 1.807) is 53.8 Å². The molecule has 1 aromatic carbocycles. The van der Waals surface area contributed by atoms with Gasteiger partial charge in [-0.15, -0.1) is 0 Å². The highest BCUT2D eigenvalue weighted by molar-refractivity contribution is 5.90. The van der Waals surface area contributed by atoms with Crippen LogP contribution in [0.3, 0.4) is 0 Å². The number of pyridine rings is 1. The summed E-state index contributed by atoms with van der Waals surface area (Å²) in [6, 6.07) is 8.16. The lowest BCUT2D eigenvalue weighted by Crippen LogP contribution is -2.54. The molecule has 1 amide bonds. The van der Waals surface area contributed by atoms with Gasteiger partial charge in [0, 0.05) is 26.4 Å². The molecule has 1 aromatic heterocycles. The molecule has 0 unspecified atom stereocenters. The Bertz CT molecular complexity index is 1040. The summed E-state index contributed by atoms with van der Waals surface area (Å²) >= 11 is 0. The van der Waals surface area contributed by atoms with E-state index in [1.165, 1.54) is 11.0 Å². The number of hydrogen-bond donors (Lipinski definition) is 2. The summed E-state index contributed by atoms with van der Waals surface area (Å²) in [4.78, 5) is 25.4. The second-order valence-electron chi connectivity index (χ2n) is 7.16. The highest BCUT2D eigenvalue weighted by atomic mass is 16.6. The number of nitrogens with zero attached hydrogens (tertiary/aromatic N) is 3. The second-order valence-corrected chi connectivity index (χ2v) is 7.16. The van der Waals surface area contributed by atoms with Crippen LogP contribution in [0.25, 0.3) is 0 Å². The van der Waals surface area contributed by atoms with Gasteiger partial charge in [-0.3, -0.25) is 10.2 Å². The van der Waals surface area contributed by atoms with Crippen LogP contribution in [0.2, 0.25) is 0 Å². The minimum absolute atomic E-state index is 0.0271. The average Bonchev–Trinajstić information content (AvgIpc) is 2.74. The van der Waals surface area contributed by atoms with Crippen molar-refractivity contribution in [3.05, 3.63) is 58.0 Å². The maximum absolute atomic E-state index is 12.5. The Labute approximate surface area is 172 Å². The molecule has 1 atom stereocenters. The zero-order valence-electron chi connectivity index (χ0n) is 16.7. The quantitative estimate of drug-likeness (QED) is 0.709. The molecule has 2 aliphatic heterocycles. The number of hydrogen-bond acceptors (Lipinski definition) is 6. The Morgan fingerprint density at radius 2 is 2.10 bits per heavy atom. The first-order valence-corrected chi connectivity index (χ1v) is 9.48. The van der Waals surface area contributed by atoms with Crippen molar-refractivity contribution in [1.29, 1.82) is 0 Å². The van der Waals surface area contributed by atoms with Crippen LogP contribution >= 0.6 is 0 Å². The molecule has 1 fully saturated rings. The van der Waals surface area contributed by atoms with E-state index in [0.29, 0.717) is 25.5 Å². The summed E-state index contributed by atoms with van der Waals surface area (Å²) < 4.78 is 19.7. The number of nitrogens with one attached hydrogen (secondary N) is 1. The smallest absolute Gasteiger partial charge is 0.414 e. The number of morpholine rings is 1. The van der Waals surface area contributed by atoms with Crippen molar-refractivity contribution in [3.63, 3.8) is 0 Å². The first-order valence-electron chi connectivity index (χ1n) is 9.48. The number of aliphatic hydroxyl groups is 1. The Morgan fingerprint density at radius 3 is 2.83 bits per heavy atom. The van der Waals surface area contributed by atoms with Gasteiger partial charge in [0.15, 0.2) is 6.54 Å². The van der Waals surface area contributed by atoms with E-state index in [-0.39, 0.29) is 35.5 Å². The summed E-state index contributed by atoms with van der Waals surface area (Å²) in [7, 11) is 3.20. The highest BCUT2D eigenvalue weighted by Crippen LogP contribution is 2.20. The Morgan fingerprint density at radius 1 is 1.33 bits per heavy atom. The molecule has 2 aliphatic rings. The van der Waals surface area contributed by atoms with Gasteiger partial charge in [0.25, 0.3) is 6.17 Å². The van der Waals surface area contributed by atoms with E-state index in [9.17, 15) is 14.7 Å². The molecule has 2 N–H and O–H groups in total. The molecule has 1 saturated heterocycles. The Balaban J connectivity index is 1.54. The summed E-state index contributed by atoms with van der Waals surface area (Å²) in [6.07, 6.45) is 0.863. The van der Waals surface area contributed by atoms with E-state index in [4.69, 9.17) is 14.2 Å². The minimum Gasteiger partial charge on any atom is -0.482 e. The largest absolute Gasteiger partial charge is 0.482 e. The third-order valence-corrected chi connectivity index (χ3v) is 4.83. The van der Waals surface area contributed by atoms with Crippen LogP contribution in [0.4, 0.5) is 4.79 Å². The molecule has 0 aliphatic carbocycles. The Kier molecular flexibility index (Phi) is 5.32. The first kappa shape index (κ1) is 19.8. The van der Waals surface area contributed by atoms with Gasteiger partial charge in [-0.05, 0) is 17.7 Å². The Hall–Kier alpha value is -3.53. The van der Waals surface area contributed by atoms with Gasteiger partial charge in [0.1, 0.15) is 25.6 Å². The van der Waals surface area contributed by atoms with Crippen LogP contribution in [-0.2, 0) is 11.3 Å². The maximum Gasteiger partial charge on any atom is 0.414 e. The summed E-state index contributed by atoms with van der Waals surface area (Å²) in [5, 5.41) is 10.8. The first-order chi connectivity index (χ1) is 14.4. The molecule has 2 aromatic rings. The van der Waals surface area contributed by atoms with Crippen molar-refractivity contribution in [2.75, 3.05) is 39.3 Å². The summed E-state index contributed by atoms with van der Waals surface area (Å²) in [5.74, 6) is 0.430. The number of carbonyl (C=O) groups is 1. The van der Waals surface area contributed by atoms with Crippen LogP contribution < -0.4 is 20.3 Å². The van der Waals surface area contributed by atoms with Crippen molar-refractivity contribution in [3.8, 4) is 11.5 Å². The minimum atomic E-state index is -0.470. The van der Waals surface area contributed by atoms with Crippen molar-refractivity contribution in [2.24, 2.45) is 0 Å². The predicted molar refractivity (Wildman–Crippen MR) is 107 cm³/mol. The van der Waals surface area contributed by atoms with Crippen LogP contribution in [0.1, 0.15) is 11.3 Å². The van der Waals surface area contributed by atoms with Crippen molar-refractivity contribution >= 4 is 12.0 Å². The molecule has 10 nitrogen and oxygen atoms in total. The van der Waals surface area contributed by atoms with E-state index >= 15 is 0 Å². The molecule has 4 rings (SSSR count). The third kappa shape index (κ3) is 3.81. The SMILES string of the molecule is CN(C)C(=O)Oc1ccc(COc2c3n(ccc2=O)N[C@@H]2COCC[N+]2=C3O)cc1. The fourth-order valence-corrected chi connectivity index (χ4v) is 3.24. The molecule has 3 heterocycles. The summed E-state index contributed by atoms with van der Waals surface area (Å²) in [6.45, 7) is 1.50. The molecular weight excluding hydrogens is 392 g/mol. The molecule has 30 heavy (non-hydrogen) atoms. The van der Waals surface area contributed by atoms with Gasteiger partial charge in [0.05, 0.1) is 0 Å². The lowest BCUT2D eigenvalue weighted by atomic mass is 10.2. The highest BCUT2D eigenvalue weighted by Gasteiger charge is 2.38. The van der Waals surface area contributed by atoms with Crippen LogP contribution in [0.5, 0.6) is 11.5 Å². The van der Waals surface area contributed by atoms with Crippen LogP contribution in [-0.4, -0.2) is 71.3 Å². The summed E-state index contributed by atoms with van der Waals surface area (Å²) in [5.41, 5.74) is 3.91. The molecule has 0 radical (unpaired) electrons. The van der Waals surface area contributed by atoms with Crippen LogP contribution in [0, 0.1) is 0 Å². The zero-order chi connectivity index (χ0) is 21.3. The van der Waals surface area contributed by atoms with Gasteiger partial charge in [-0.2, -0.15) is 4.58 Å². The fourth-order valence-electron chi connectivity index (χ4n) is 3.24. The van der Waals surface area contributed by atoms with Gasteiger partial charge < -0.3 is 24.2 Å². The standard InChI is InChI=1S/C20H22N4O6/c1-22(2)20(27)30-14-5-3-13(4-6-14)11-29-18-15(25)7-8-24-17(18)19(26)23-9-10-28-12-16(23)21-24/h3-8,16,21H,9-12H2,1-2H3/p+1/t16-/m0/s1. The average molecular weight is 415 g/mol. The van der Waals surface area contributed by atoms with Gasteiger partial charge in [-0.25, -0.2) is 9.47 Å². The van der Waals surface area contributed by atoms with Crippen molar-refractivity contribution in [2.45, 2.75) is 12.8 Å². The van der Waals surface area contributed by atoms with Crippen LogP contribution in [0.15, 0.2) is 41.3 Å². The topological polar surface area (TPSA) is 105 Å². The van der Waals surface area contributed by atoms with Gasteiger partial charge in [-0.1, -0.05) is 12.1 Å². The second kappa shape index (κ2) is 8.07. The lowest BCUT2D eigenvalue weighted by molar-refractivity contribution is -0.591. The zero-order valence-corrected chi connectivity index (χ0v) is 16.7. The monoisotopic (exact) mass is 415 g/mol. The van der Waals surface area contributed by atoms with Gasteiger partial charge in [0.2, 0.25) is 16.9 Å². The van der Waals surface area contributed by atoms with E-state index in [0.717, 1.165) is 5.56 Å². The molecule has 10 heteroatoms. The number of carbonyl (C=O) groups excluding carboxylic acids is 1. The molecule has 0 bridgehead atoms. The van der Waals surface area contributed by atoms with E-state index < -0.39 is 6.09 Å². The van der Waals surface area contributed by atoms with E-state index in [1.807, 2.05) is 0 Å². The predicted octanol–water partition coefficient (Wildman–Crippen LogP) is 0.718. The number of aromatic nitrogens is 1. The maximum atomic E-state index is 12.5. The molecular formula is C20H23N4O6+.